The Hall–Kier alpha value is -0.750. The highest BCUT2D eigenvalue weighted by Gasteiger charge is 2.14. The van der Waals surface area contributed by atoms with Crippen molar-refractivity contribution in [1.82, 2.24) is 15.5 Å². The Morgan fingerprint density at radius 2 is 2.17 bits per heavy atom. The molecule has 1 aliphatic rings. The third-order valence-corrected chi connectivity index (χ3v) is 4.10. The topological polar surface area (TPSA) is 63.0 Å². The van der Waals surface area contributed by atoms with E-state index in [0.717, 1.165) is 25.4 Å². The molecule has 1 aromatic heterocycles. The van der Waals surface area contributed by atoms with Gasteiger partial charge in [0.15, 0.2) is 0 Å². The molecule has 1 fully saturated rings. The van der Waals surface area contributed by atoms with Gasteiger partial charge in [-0.25, -0.2) is 0 Å². The van der Waals surface area contributed by atoms with Crippen molar-refractivity contribution in [3.05, 3.63) is 5.89 Å². The van der Waals surface area contributed by atoms with Crippen molar-refractivity contribution in [1.29, 1.82) is 0 Å². The first kappa shape index (κ1) is 13.7. The molecule has 18 heavy (non-hydrogen) atoms. The lowest BCUT2D eigenvalue weighted by Gasteiger charge is -2.20. The molecular weight excluding hydrogens is 248 g/mol. The Bertz CT molecular complexity index is 339. The van der Waals surface area contributed by atoms with Crippen LogP contribution in [-0.2, 0) is 6.54 Å². The Morgan fingerprint density at radius 3 is 2.94 bits per heavy atom. The zero-order chi connectivity index (χ0) is 12.6. The summed E-state index contributed by atoms with van der Waals surface area (Å²) in [6.07, 6.45) is 3.69. The van der Waals surface area contributed by atoms with Gasteiger partial charge in [0.25, 0.3) is 0 Å². The molecule has 0 unspecified atom stereocenters. The first-order valence-corrected chi connectivity index (χ1v) is 7.88. The summed E-state index contributed by atoms with van der Waals surface area (Å²) in [5, 5.41) is 14.5. The maximum atomic E-state index is 5.52. The first-order valence-electron chi connectivity index (χ1n) is 6.73. The van der Waals surface area contributed by atoms with E-state index in [-0.39, 0.29) is 0 Å². The third-order valence-electron chi connectivity index (χ3n) is 3.05. The summed E-state index contributed by atoms with van der Waals surface area (Å²) in [5.41, 5.74) is 0. The van der Waals surface area contributed by atoms with E-state index in [1.807, 2.05) is 11.8 Å². The van der Waals surface area contributed by atoms with Crippen LogP contribution in [0.15, 0.2) is 4.42 Å². The molecule has 0 aromatic carbocycles. The molecule has 102 valence electrons. The van der Waals surface area contributed by atoms with Gasteiger partial charge >= 0.3 is 6.01 Å². The number of hydrogen-bond donors (Lipinski definition) is 2. The van der Waals surface area contributed by atoms with Gasteiger partial charge in [-0.3, -0.25) is 0 Å². The van der Waals surface area contributed by atoms with E-state index in [9.17, 15) is 0 Å². The first-order chi connectivity index (χ1) is 8.88. The van der Waals surface area contributed by atoms with Crippen molar-refractivity contribution in [2.45, 2.75) is 32.7 Å². The van der Waals surface area contributed by atoms with Gasteiger partial charge < -0.3 is 15.1 Å². The molecule has 2 N–H and O–H groups in total. The minimum atomic E-state index is 0.557. The molecule has 0 atom stereocenters. The molecule has 1 saturated heterocycles. The Kier molecular flexibility index (Phi) is 5.80. The zero-order valence-electron chi connectivity index (χ0n) is 10.9. The van der Waals surface area contributed by atoms with Crippen LogP contribution in [0.25, 0.3) is 0 Å². The van der Waals surface area contributed by atoms with Crippen molar-refractivity contribution < 1.29 is 4.42 Å². The fraction of sp³-hybridized carbons (Fsp3) is 0.833. The predicted octanol–water partition coefficient (Wildman–Crippen LogP) is 2.12. The Morgan fingerprint density at radius 1 is 1.33 bits per heavy atom. The molecule has 5 nitrogen and oxygen atoms in total. The quantitative estimate of drug-likeness (QED) is 0.740. The molecule has 2 heterocycles. The number of rotatable bonds is 7. The average molecular weight is 270 g/mol. The smallest absolute Gasteiger partial charge is 0.315 e. The highest BCUT2D eigenvalue weighted by molar-refractivity contribution is 7.99. The fourth-order valence-corrected chi connectivity index (χ4v) is 3.15. The van der Waals surface area contributed by atoms with Gasteiger partial charge in [0, 0.05) is 6.54 Å². The highest BCUT2D eigenvalue weighted by Crippen LogP contribution is 2.22. The monoisotopic (exact) mass is 270 g/mol. The molecule has 0 bridgehead atoms. The van der Waals surface area contributed by atoms with E-state index >= 15 is 0 Å². The lowest BCUT2D eigenvalue weighted by molar-refractivity contribution is 0.464. The van der Waals surface area contributed by atoms with Crippen LogP contribution in [0.3, 0.4) is 0 Å². The number of nitrogens with one attached hydrogen (secondary N) is 2. The van der Waals surface area contributed by atoms with Crippen LogP contribution in [0, 0.1) is 5.92 Å². The summed E-state index contributed by atoms with van der Waals surface area (Å²) in [6.45, 7) is 4.72. The molecular formula is C12H22N4OS. The van der Waals surface area contributed by atoms with E-state index in [1.165, 1.54) is 24.3 Å². The summed E-state index contributed by atoms with van der Waals surface area (Å²) < 4.78 is 5.52. The molecule has 0 radical (unpaired) electrons. The Balaban J connectivity index is 1.69. The summed E-state index contributed by atoms with van der Waals surface area (Å²) in [6, 6.07) is 0.557. The number of aromatic nitrogens is 2. The molecule has 0 aliphatic carbocycles. The zero-order valence-corrected chi connectivity index (χ0v) is 11.8. The standard InChI is InChI=1S/C12H22N4OS/c1-2-5-13-9-11-15-16-12(17-11)14-8-10-3-6-18-7-4-10/h10,13H,2-9H2,1H3,(H,14,16). The summed E-state index contributed by atoms with van der Waals surface area (Å²) in [7, 11) is 0. The van der Waals surface area contributed by atoms with Crippen molar-refractivity contribution in [3.8, 4) is 0 Å². The van der Waals surface area contributed by atoms with Crippen LogP contribution >= 0.6 is 11.8 Å². The van der Waals surface area contributed by atoms with Gasteiger partial charge in [0.05, 0.1) is 6.54 Å². The average Bonchev–Trinajstić information content (AvgIpc) is 2.86. The third kappa shape index (κ3) is 4.49. The van der Waals surface area contributed by atoms with Crippen LogP contribution in [-0.4, -0.2) is 34.8 Å². The lowest BCUT2D eigenvalue weighted by atomic mass is 10.0. The van der Waals surface area contributed by atoms with Crippen LogP contribution < -0.4 is 10.6 Å². The number of nitrogens with zero attached hydrogens (tertiary/aromatic N) is 2. The Labute approximate surface area is 112 Å². The number of hydrogen-bond acceptors (Lipinski definition) is 6. The van der Waals surface area contributed by atoms with Gasteiger partial charge in [-0.2, -0.15) is 11.8 Å². The molecule has 0 saturated carbocycles. The van der Waals surface area contributed by atoms with Gasteiger partial charge in [0.2, 0.25) is 5.89 Å². The molecule has 0 spiro atoms. The second-order valence-corrected chi connectivity index (χ2v) is 5.84. The van der Waals surface area contributed by atoms with Gasteiger partial charge in [-0.15, -0.1) is 5.10 Å². The SMILES string of the molecule is CCCNCc1nnc(NCC2CCSCC2)o1. The van der Waals surface area contributed by atoms with Crippen LogP contribution in [0.2, 0.25) is 0 Å². The van der Waals surface area contributed by atoms with Crippen molar-refractivity contribution in [2.75, 3.05) is 29.9 Å². The molecule has 1 aliphatic heterocycles. The van der Waals surface area contributed by atoms with Crippen LogP contribution in [0.5, 0.6) is 0 Å². The normalized spacial score (nSPS) is 16.9. The maximum absolute atomic E-state index is 5.52. The van der Waals surface area contributed by atoms with Gasteiger partial charge in [-0.05, 0) is 43.2 Å². The molecule has 2 rings (SSSR count). The van der Waals surface area contributed by atoms with Gasteiger partial charge in [-0.1, -0.05) is 12.0 Å². The second-order valence-electron chi connectivity index (χ2n) is 4.61. The second kappa shape index (κ2) is 7.63. The lowest BCUT2D eigenvalue weighted by Crippen LogP contribution is -2.19. The largest absolute Gasteiger partial charge is 0.407 e. The number of anilines is 1. The van der Waals surface area contributed by atoms with Crippen LogP contribution in [0.4, 0.5) is 6.01 Å². The molecule has 0 amide bonds. The van der Waals surface area contributed by atoms with Crippen molar-refractivity contribution in [2.24, 2.45) is 5.92 Å². The van der Waals surface area contributed by atoms with Crippen LogP contribution in [0.1, 0.15) is 32.1 Å². The van der Waals surface area contributed by atoms with Crippen molar-refractivity contribution >= 4 is 17.8 Å². The minimum absolute atomic E-state index is 0.557. The molecule has 6 heteroatoms. The summed E-state index contributed by atoms with van der Waals surface area (Å²) in [5.74, 6) is 3.97. The summed E-state index contributed by atoms with van der Waals surface area (Å²) >= 11 is 2.05. The fourth-order valence-electron chi connectivity index (χ4n) is 1.95. The van der Waals surface area contributed by atoms with E-state index in [1.54, 1.807) is 0 Å². The molecule has 1 aromatic rings. The van der Waals surface area contributed by atoms with Crippen molar-refractivity contribution in [3.63, 3.8) is 0 Å². The predicted molar refractivity (Wildman–Crippen MR) is 74.8 cm³/mol. The minimum Gasteiger partial charge on any atom is -0.407 e. The highest BCUT2D eigenvalue weighted by atomic mass is 32.2. The van der Waals surface area contributed by atoms with Gasteiger partial charge in [0.1, 0.15) is 0 Å². The van der Waals surface area contributed by atoms with E-state index in [0.29, 0.717) is 18.5 Å². The van der Waals surface area contributed by atoms with E-state index < -0.39 is 0 Å². The summed E-state index contributed by atoms with van der Waals surface area (Å²) in [4.78, 5) is 0. The van der Waals surface area contributed by atoms with E-state index in [2.05, 4.69) is 27.8 Å². The maximum Gasteiger partial charge on any atom is 0.315 e. The van der Waals surface area contributed by atoms with E-state index in [4.69, 9.17) is 4.42 Å². The number of thioether (sulfide) groups is 1.